The van der Waals surface area contributed by atoms with Crippen molar-refractivity contribution in [3.8, 4) is 0 Å². The van der Waals surface area contributed by atoms with Crippen molar-refractivity contribution in [1.29, 1.82) is 0 Å². The fraction of sp³-hybridized carbons (Fsp3) is 0.476. The highest BCUT2D eigenvalue weighted by Gasteiger charge is 2.71. The third-order valence-corrected chi connectivity index (χ3v) is 11.5. The van der Waals surface area contributed by atoms with Crippen molar-refractivity contribution in [2.75, 3.05) is 39.3 Å². The lowest BCUT2D eigenvalue weighted by molar-refractivity contribution is -0.808. The molecule has 2 fully saturated rings. The number of hydrogen-bond acceptors (Lipinski definition) is 15. The zero-order valence-corrected chi connectivity index (χ0v) is 41.4. The van der Waals surface area contributed by atoms with Crippen molar-refractivity contribution in [3.63, 3.8) is 0 Å². The minimum absolute atomic E-state index is 0.0289. The van der Waals surface area contributed by atoms with E-state index in [4.69, 9.17) is 71.0 Å². The lowest BCUT2D eigenvalue weighted by Gasteiger charge is -2.46. The monoisotopic (exact) mass is 1060 g/mol. The summed E-state index contributed by atoms with van der Waals surface area (Å²) < 4.78 is 10.5. The molecule has 0 radical (unpaired) electrons. The van der Waals surface area contributed by atoms with Crippen molar-refractivity contribution in [2.45, 2.75) is 78.1 Å². The Morgan fingerprint density at radius 3 is 1.40 bits per heavy atom. The number of carbonyl (C=O) groups excluding carboxylic acids is 6. The molecule has 0 spiro atoms. The van der Waals surface area contributed by atoms with Crippen LogP contribution in [0.15, 0.2) is 36.4 Å². The fourth-order valence-electron chi connectivity index (χ4n) is 7.63. The smallest absolute Gasteiger partial charge is 0.599 e. The quantitative estimate of drug-likeness (QED) is 0.0553. The second-order valence-corrected chi connectivity index (χ2v) is 18.9. The van der Waals surface area contributed by atoms with Crippen LogP contribution in [-0.4, -0.2) is 164 Å². The highest BCUT2D eigenvalue weighted by atomic mass is 35.5. The molecular formula is C42H54B2Cl4N4O18. The number of ketones is 2. The Bertz CT molecular complexity index is 2230. The van der Waals surface area contributed by atoms with Crippen LogP contribution in [0.5, 0.6) is 0 Å². The first-order valence-corrected chi connectivity index (χ1v) is 23.0. The standard InChI is InChI=1S/C21H25BCl2N2O8.C15H20BCl2NO4.C6H9NO6/c1-12(2)7-17(22-26(9-19(29)30,10-20(31)33-22)11-21(32)34-22)25-18(28)6-5-16(27)14-8-13(23)3-4-15(14)24;1-9(2)7-14(16(22)23)19-15(21)6-5-13(20)11-8-10(17)3-4-12(11)18;8-4(9)1-7(2-5(10)11)3-6(12)13/h3-4,8,12,17H,5-7,9-11H2,1-2H3,(H,25,28)(H,29,30);3-4,8-9,14,22-23H,5-7H2,1-2H3,(H,19,21);1-3H2,(H,8,9)(H,10,11)(H,12,13)/t17-,22?,26?;14-;/m00./s1. The number of nitrogens with zero attached hydrogens (tertiary/aromatic N) is 2. The van der Waals surface area contributed by atoms with E-state index in [9.17, 15) is 63.1 Å². The third kappa shape index (κ3) is 19.5. The minimum Gasteiger partial charge on any atom is -0.599 e. The summed E-state index contributed by atoms with van der Waals surface area (Å²) in [7, 11) is -1.64. The maximum absolute atomic E-state index is 12.8. The lowest BCUT2D eigenvalue weighted by Crippen LogP contribution is -2.73. The summed E-state index contributed by atoms with van der Waals surface area (Å²) in [5.41, 5.74) is 0.461. The van der Waals surface area contributed by atoms with E-state index in [1.54, 1.807) is 12.1 Å². The molecule has 2 aliphatic heterocycles. The van der Waals surface area contributed by atoms with Crippen LogP contribution in [0.1, 0.15) is 86.9 Å². The Labute approximate surface area is 422 Å². The summed E-state index contributed by atoms with van der Waals surface area (Å²) >= 11 is 23.7. The maximum Gasteiger partial charge on any atom is 0.606 e. The van der Waals surface area contributed by atoms with Gasteiger partial charge in [-0.1, -0.05) is 74.1 Å². The zero-order valence-electron chi connectivity index (χ0n) is 38.4. The number of carboxylic acids is 4. The molecule has 0 unspecified atom stereocenters. The van der Waals surface area contributed by atoms with Crippen molar-refractivity contribution >= 4 is 119 Å². The SMILES string of the molecule is CC(C)C[C@H](NC(=O)CCC(=O)c1cc(Cl)ccc1Cl)B(O)O.CC(C)C[C@H](NC(=O)CCC(=O)c1cc(Cl)ccc1Cl)[B-]12OC(=O)C[N+]1(CC(=O)O)CC(=O)O2.O=C(O)CN(CC(=O)O)CC(=O)O. The van der Waals surface area contributed by atoms with Crippen LogP contribution >= 0.6 is 46.4 Å². The van der Waals surface area contributed by atoms with E-state index in [0.717, 1.165) is 4.90 Å². The molecule has 2 aromatic carbocycles. The van der Waals surface area contributed by atoms with Gasteiger partial charge in [0.05, 0.1) is 41.6 Å². The van der Waals surface area contributed by atoms with Crippen molar-refractivity contribution in [1.82, 2.24) is 15.5 Å². The molecule has 4 rings (SSSR count). The van der Waals surface area contributed by atoms with Gasteiger partial charge in [0.2, 0.25) is 11.8 Å². The molecule has 2 amide bonds. The van der Waals surface area contributed by atoms with Crippen molar-refractivity contribution < 1.29 is 92.1 Å². The molecule has 70 heavy (non-hydrogen) atoms. The number of fused-ring (bicyclic) bond motifs is 1. The number of hydrogen-bond donors (Lipinski definition) is 8. The highest BCUT2D eigenvalue weighted by molar-refractivity contribution is 6.68. The number of halogens is 4. The van der Waals surface area contributed by atoms with Crippen LogP contribution in [0.2, 0.25) is 20.1 Å². The number of aliphatic carboxylic acids is 4. The highest BCUT2D eigenvalue weighted by Crippen LogP contribution is 2.39. The molecule has 384 valence electrons. The van der Waals surface area contributed by atoms with Gasteiger partial charge in [0, 0.05) is 46.9 Å². The first-order chi connectivity index (χ1) is 32.5. The Morgan fingerprint density at radius 1 is 0.643 bits per heavy atom. The van der Waals surface area contributed by atoms with Gasteiger partial charge >= 0.3 is 49.6 Å². The number of rotatable bonds is 24. The van der Waals surface area contributed by atoms with Crippen LogP contribution in [-0.2, 0) is 47.7 Å². The molecule has 2 saturated heterocycles. The lowest BCUT2D eigenvalue weighted by atomic mass is 9.57. The number of carbonyl (C=O) groups is 10. The number of amides is 2. The van der Waals surface area contributed by atoms with Crippen molar-refractivity contribution in [3.05, 3.63) is 67.6 Å². The number of nitrogens with one attached hydrogen (secondary N) is 2. The number of Topliss-reactive ketones (excluding diaryl/α,β-unsaturated/α-hetero) is 2. The maximum atomic E-state index is 12.8. The second-order valence-electron chi connectivity index (χ2n) is 17.2. The van der Waals surface area contributed by atoms with E-state index in [-0.39, 0.29) is 89.8 Å². The van der Waals surface area contributed by atoms with Crippen LogP contribution in [0, 0.1) is 11.8 Å². The van der Waals surface area contributed by atoms with Crippen LogP contribution in [0.25, 0.3) is 0 Å². The van der Waals surface area contributed by atoms with E-state index < -0.39 is 104 Å². The Kier molecular flexibility index (Phi) is 24.2. The summed E-state index contributed by atoms with van der Waals surface area (Å²) in [6.07, 6.45) is 0.181. The third-order valence-electron chi connectivity index (χ3n) is 10.4. The first-order valence-electron chi connectivity index (χ1n) is 21.4. The summed E-state index contributed by atoms with van der Waals surface area (Å²) in [5.74, 6) is -9.64. The van der Waals surface area contributed by atoms with Gasteiger partial charge in [-0.3, -0.25) is 48.1 Å². The molecule has 0 aliphatic carbocycles. The molecule has 0 bridgehead atoms. The molecular weight excluding hydrogens is 1010 g/mol. The van der Waals surface area contributed by atoms with Gasteiger partial charge in [0.1, 0.15) is 19.6 Å². The summed E-state index contributed by atoms with van der Waals surface area (Å²) in [5, 5.41) is 59.3. The van der Waals surface area contributed by atoms with Crippen LogP contribution < -0.4 is 10.6 Å². The first kappa shape index (κ1) is 60.8. The van der Waals surface area contributed by atoms with Crippen LogP contribution in [0.4, 0.5) is 0 Å². The predicted molar refractivity (Wildman–Crippen MR) is 253 cm³/mol. The average molecular weight is 1070 g/mol. The molecule has 0 aromatic heterocycles. The summed E-state index contributed by atoms with van der Waals surface area (Å²) in [6.45, 7) is 1.59. The topological polar surface area (TPSA) is 338 Å². The van der Waals surface area contributed by atoms with Gasteiger partial charge in [-0.25, -0.2) is 4.79 Å². The summed E-state index contributed by atoms with van der Waals surface area (Å²) in [6, 6.07) is 9.01. The summed E-state index contributed by atoms with van der Waals surface area (Å²) in [4.78, 5) is 117. The molecule has 2 atom stereocenters. The Morgan fingerprint density at radius 2 is 1.04 bits per heavy atom. The van der Waals surface area contributed by atoms with Gasteiger partial charge in [-0.15, -0.1) is 0 Å². The molecule has 2 aliphatic rings. The zero-order chi connectivity index (χ0) is 53.3. The van der Waals surface area contributed by atoms with Crippen LogP contribution in [0.3, 0.4) is 0 Å². The van der Waals surface area contributed by atoms with Gasteiger partial charge in [-0.05, 0) is 61.1 Å². The van der Waals surface area contributed by atoms with E-state index >= 15 is 0 Å². The number of benzene rings is 2. The fourth-order valence-corrected chi connectivity index (χ4v) is 8.42. The largest absolute Gasteiger partial charge is 0.606 e. The molecule has 22 nitrogen and oxygen atoms in total. The number of quaternary nitrogens is 1. The van der Waals surface area contributed by atoms with E-state index in [1.165, 1.54) is 24.3 Å². The number of carboxylic acid groups (broad SMARTS) is 4. The Balaban J connectivity index is 0.000000402. The van der Waals surface area contributed by atoms with E-state index in [0.29, 0.717) is 16.5 Å². The van der Waals surface area contributed by atoms with E-state index in [1.807, 2.05) is 27.7 Å². The van der Waals surface area contributed by atoms with Gasteiger partial charge in [0.15, 0.2) is 11.6 Å². The second kappa shape index (κ2) is 27.9. The molecule has 0 saturated carbocycles. The Hall–Kier alpha value is -5.33. The predicted octanol–water partition coefficient (Wildman–Crippen LogP) is 3.02. The van der Waals surface area contributed by atoms with Gasteiger partial charge in [-0.2, -0.15) is 0 Å². The van der Waals surface area contributed by atoms with Crippen molar-refractivity contribution in [2.24, 2.45) is 11.8 Å². The molecule has 28 heteroatoms. The van der Waals surface area contributed by atoms with E-state index in [2.05, 4.69) is 10.6 Å². The molecule has 8 N–H and O–H groups in total. The normalized spacial score (nSPS) is 17.7. The van der Waals surface area contributed by atoms with Gasteiger partial charge < -0.3 is 54.8 Å². The minimum atomic E-state index is -2.86. The average Bonchev–Trinajstić information content (AvgIpc) is 3.63. The molecule has 2 aromatic rings. The molecule has 2 heterocycles. The van der Waals surface area contributed by atoms with Gasteiger partial charge in [0.25, 0.3) is 0 Å².